The summed E-state index contributed by atoms with van der Waals surface area (Å²) in [5.74, 6) is -0.812. The van der Waals surface area contributed by atoms with E-state index in [4.69, 9.17) is 0 Å². The number of hydrogen-bond donors (Lipinski definition) is 2. The van der Waals surface area contributed by atoms with Crippen LogP contribution in [-0.2, 0) is 12.7 Å². The molecule has 0 aliphatic heterocycles. The monoisotopic (exact) mass is 402 g/mol. The molecule has 0 radical (unpaired) electrons. The van der Waals surface area contributed by atoms with Crippen molar-refractivity contribution in [3.05, 3.63) is 93.4 Å². The quantitative estimate of drug-likeness (QED) is 0.688. The van der Waals surface area contributed by atoms with E-state index in [1.54, 1.807) is 13.0 Å². The van der Waals surface area contributed by atoms with Gasteiger partial charge < -0.3 is 15.0 Å². The smallest absolute Gasteiger partial charge is 0.416 e. The number of pyridine rings is 1. The van der Waals surface area contributed by atoms with Gasteiger partial charge >= 0.3 is 6.18 Å². The molecule has 0 unspecified atom stereocenters. The van der Waals surface area contributed by atoms with Gasteiger partial charge in [0.15, 0.2) is 0 Å². The Kier molecular flexibility index (Phi) is 5.45. The van der Waals surface area contributed by atoms with Gasteiger partial charge in [-0.15, -0.1) is 0 Å². The Balaban J connectivity index is 1.89. The summed E-state index contributed by atoms with van der Waals surface area (Å²) < 4.78 is 40.7. The number of aromatic hydroxyl groups is 1. The fourth-order valence-corrected chi connectivity index (χ4v) is 2.88. The standard InChI is InChI=1S/C21H17F3N2O3/c1-13-6-8-18(27)16(10-13)20(29)25-15-7-9-19(28)26(12-15)11-14-4-2-3-5-17(14)21(22,23)24/h2-10,12,27H,11H2,1H3,(H,25,29). The molecule has 1 aromatic heterocycles. The van der Waals surface area contributed by atoms with Crippen molar-refractivity contribution in [1.29, 1.82) is 0 Å². The van der Waals surface area contributed by atoms with Crippen molar-refractivity contribution in [2.45, 2.75) is 19.6 Å². The molecule has 0 spiro atoms. The lowest BCUT2D eigenvalue weighted by atomic mass is 10.1. The largest absolute Gasteiger partial charge is 0.507 e. The first-order valence-corrected chi connectivity index (χ1v) is 8.62. The number of aromatic nitrogens is 1. The van der Waals surface area contributed by atoms with E-state index in [-0.39, 0.29) is 29.1 Å². The maximum absolute atomic E-state index is 13.2. The number of phenols is 1. The molecule has 0 atom stereocenters. The number of carbonyl (C=O) groups is 1. The second-order valence-electron chi connectivity index (χ2n) is 6.51. The lowest BCUT2D eigenvalue weighted by Crippen LogP contribution is -2.22. The number of phenolic OH excluding ortho intramolecular Hbond substituents is 1. The minimum Gasteiger partial charge on any atom is -0.507 e. The molecule has 150 valence electrons. The van der Waals surface area contributed by atoms with Crippen LogP contribution in [0, 0.1) is 6.92 Å². The Morgan fingerprint density at radius 1 is 1.10 bits per heavy atom. The van der Waals surface area contributed by atoms with Gasteiger partial charge in [0.2, 0.25) is 0 Å². The zero-order chi connectivity index (χ0) is 21.2. The maximum atomic E-state index is 13.2. The molecule has 1 heterocycles. The van der Waals surface area contributed by atoms with Gasteiger partial charge in [-0.1, -0.05) is 29.8 Å². The third-order valence-electron chi connectivity index (χ3n) is 4.30. The van der Waals surface area contributed by atoms with Gasteiger partial charge in [0, 0.05) is 12.3 Å². The van der Waals surface area contributed by atoms with Crippen LogP contribution in [0.4, 0.5) is 18.9 Å². The third-order valence-corrected chi connectivity index (χ3v) is 4.30. The van der Waals surface area contributed by atoms with Crippen molar-refractivity contribution in [2.75, 3.05) is 5.32 Å². The molecular weight excluding hydrogens is 385 g/mol. The van der Waals surface area contributed by atoms with Crippen LogP contribution in [0.15, 0.2) is 65.6 Å². The van der Waals surface area contributed by atoms with Gasteiger partial charge in [-0.2, -0.15) is 13.2 Å². The number of alkyl halides is 3. The maximum Gasteiger partial charge on any atom is 0.416 e. The normalized spacial score (nSPS) is 11.3. The van der Waals surface area contributed by atoms with Crippen molar-refractivity contribution < 1.29 is 23.1 Å². The first-order valence-electron chi connectivity index (χ1n) is 8.62. The van der Waals surface area contributed by atoms with Gasteiger partial charge in [0.05, 0.1) is 23.4 Å². The molecule has 29 heavy (non-hydrogen) atoms. The van der Waals surface area contributed by atoms with E-state index in [0.717, 1.165) is 22.3 Å². The third kappa shape index (κ3) is 4.66. The van der Waals surface area contributed by atoms with Crippen LogP contribution < -0.4 is 10.9 Å². The second-order valence-corrected chi connectivity index (χ2v) is 6.51. The average Bonchev–Trinajstić information content (AvgIpc) is 2.66. The molecule has 0 aliphatic rings. The Labute approximate surface area is 164 Å². The zero-order valence-electron chi connectivity index (χ0n) is 15.3. The lowest BCUT2D eigenvalue weighted by Gasteiger charge is -2.15. The minimum atomic E-state index is -4.55. The number of nitrogens with one attached hydrogen (secondary N) is 1. The van der Waals surface area contributed by atoms with Gasteiger partial charge in [-0.05, 0) is 36.8 Å². The van der Waals surface area contributed by atoms with Crippen LogP contribution in [-0.4, -0.2) is 15.6 Å². The first-order chi connectivity index (χ1) is 13.6. The molecule has 0 aliphatic carbocycles. The lowest BCUT2D eigenvalue weighted by molar-refractivity contribution is -0.138. The number of halogens is 3. The van der Waals surface area contributed by atoms with E-state index >= 15 is 0 Å². The van der Waals surface area contributed by atoms with E-state index in [0.29, 0.717) is 0 Å². The van der Waals surface area contributed by atoms with E-state index in [1.807, 2.05) is 0 Å². The van der Waals surface area contributed by atoms with Gasteiger partial charge in [0.25, 0.3) is 11.5 Å². The van der Waals surface area contributed by atoms with Crippen LogP contribution in [0.25, 0.3) is 0 Å². The van der Waals surface area contributed by atoms with Gasteiger partial charge in [-0.25, -0.2) is 0 Å². The molecule has 3 rings (SSSR count). The molecule has 2 aromatic carbocycles. The summed E-state index contributed by atoms with van der Waals surface area (Å²) in [7, 11) is 0. The highest BCUT2D eigenvalue weighted by atomic mass is 19.4. The SMILES string of the molecule is Cc1ccc(O)c(C(=O)Nc2ccc(=O)n(Cc3ccccc3C(F)(F)F)c2)c1. The molecule has 5 nitrogen and oxygen atoms in total. The van der Waals surface area contributed by atoms with E-state index in [2.05, 4.69) is 5.32 Å². The number of aryl methyl sites for hydroxylation is 1. The van der Waals surface area contributed by atoms with Crippen LogP contribution >= 0.6 is 0 Å². The highest BCUT2D eigenvalue weighted by molar-refractivity contribution is 6.06. The molecule has 0 bridgehead atoms. The van der Waals surface area contributed by atoms with Crippen LogP contribution in [0.1, 0.15) is 27.0 Å². The minimum absolute atomic E-state index is 0.0465. The van der Waals surface area contributed by atoms with Crippen molar-refractivity contribution in [3.8, 4) is 5.75 Å². The number of benzene rings is 2. The summed E-state index contributed by atoms with van der Waals surface area (Å²) in [5.41, 5.74) is -0.391. The Hall–Kier alpha value is -3.55. The van der Waals surface area contributed by atoms with Crippen LogP contribution in [0.3, 0.4) is 0 Å². The summed E-state index contributed by atoms with van der Waals surface area (Å²) >= 11 is 0. The van der Waals surface area contributed by atoms with Crippen LogP contribution in [0.5, 0.6) is 5.75 Å². The van der Waals surface area contributed by atoms with Crippen LogP contribution in [0.2, 0.25) is 0 Å². The molecule has 8 heteroatoms. The predicted molar refractivity (Wildman–Crippen MR) is 102 cm³/mol. The number of amides is 1. The summed E-state index contributed by atoms with van der Waals surface area (Å²) in [6, 6.07) is 12.0. The molecule has 0 saturated carbocycles. The van der Waals surface area contributed by atoms with Crippen molar-refractivity contribution >= 4 is 11.6 Å². The highest BCUT2D eigenvalue weighted by Crippen LogP contribution is 2.32. The Morgan fingerprint density at radius 2 is 1.83 bits per heavy atom. The first kappa shape index (κ1) is 20.2. The number of carbonyl (C=O) groups excluding carboxylic acids is 1. The summed E-state index contributed by atoms with van der Waals surface area (Å²) in [6.07, 6.45) is -3.28. The Morgan fingerprint density at radius 3 is 2.55 bits per heavy atom. The topological polar surface area (TPSA) is 71.3 Å². The van der Waals surface area contributed by atoms with Gasteiger partial charge in [-0.3, -0.25) is 9.59 Å². The fraction of sp³-hybridized carbons (Fsp3) is 0.143. The van der Waals surface area contributed by atoms with E-state index in [9.17, 15) is 27.9 Å². The summed E-state index contributed by atoms with van der Waals surface area (Å²) in [5, 5.41) is 12.4. The number of anilines is 1. The fourth-order valence-electron chi connectivity index (χ4n) is 2.88. The second kappa shape index (κ2) is 7.83. The summed E-state index contributed by atoms with van der Waals surface area (Å²) in [6.45, 7) is 1.45. The van der Waals surface area contributed by atoms with E-state index in [1.165, 1.54) is 42.6 Å². The molecule has 0 fully saturated rings. The van der Waals surface area contributed by atoms with Crippen molar-refractivity contribution in [2.24, 2.45) is 0 Å². The van der Waals surface area contributed by atoms with Crippen molar-refractivity contribution in [3.63, 3.8) is 0 Å². The number of rotatable bonds is 4. The number of hydrogen-bond acceptors (Lipinski definition) is 3. The molecule has 1 amide bonds. The molecule has 0 saturated heterocycles. The van der Waals surface area contributed by atoms with E-state index < -0.39 is 23.2 Å². The zero-order valence-corrected chi connectivity index (χ0v) is 15.3. The summed E-state index contributed by atoms with van der Waals surface area (Å²) in [4.78, 5) is 24.5. The Bertz CT molecular complexity index is 1120. The average molecular weight is 402 g/mol. The molecule has 2 N–H and O–H groups in total. The van der Waals surface area contributed by atoms with Crippen molar-refractivity contribution in [1.82, 2.24) is 4.57 Å². The predicted octanol–water partition coefficient (Wildman–Crippen LogP) is 4.18. The van der Waals surface area contributed by atoms with Gasteiger partial charge in [0.1, 0.15) is 5.75 Å². The highest BCUT2D eigenvalue weighted by Gasteiger charge is 2.32. The number of nitrogens with zero attached hydrogens (tertiary/aromatic N) is 1. The molecular formula is C21H17F3N2O3. The molecule has 3 aromatic rings.